The van der Waals surface area contributed by atoms with Gasteiger partial charge in [0.25, 0.3) is 5.01 Å². The standard InChI is InChI=1S/C30H28FN3O4S2/c1-2-3-14-34-26-18-22(31)9-12-28(26)39-30(34)20-29-33(15-6-17-40(35,36)37)25-19-23(10-11-27(25)38-29)32-16-13-21-7-4-5-8-24(21)32/h4-5,7-13,16,18-20H,2-3,6,14-15,17H2,1H3. The molecular formula is C30H28FN3O4S2. The minimum absolute atomic E-state index is 0.149. The van der Waals surface area contributed by atoms with Gasteiger partial charge in [-0.3, -0.25) is 0 Å². The Labute approximate surface area is 236 Å². The molecular weight excluding hydrogens is 549 g/mol. The van der Waals surface area contributed by atoms with Crippen LogP contribution in [0.5, 0.6) is 5.75 Å². The molecule has 206 valence electrons. The molecule has 0 saturated carbocycles. The topological polar surface area (TPSA) is 78.5 Å². The fourth-order valence-electron chi connectivity index (χ4n) is 5.12. The molecule has 0 fully saturated rings. The second-order valence-electron chi connectivity index (χ2n) is 9.81. The molecule has 0 bridgehead atoms. The predicted octanol–water partition coefficient (Wildman–Crippen LogP) is 6.20. The molecule has 10 heteroatoms. The van der Waals surface area contributed by atoms with Gasteiger partial charge in [0, 0.05) is 36.7 Å². The Hall–Kier alpha value is -3.73. The number of rotatable bonds is 9. The van der Waals surface area contributed by atoms with Crippen LogP contribution >= 0.6 is 11.3 Å². The van der Waals surface area contributed by atoms with Crippen LogP contribution in [0.2, 0.25) is 0 Å². The first-order chi connectivity index (χ1) is 19.3. The highest BCUT2D eigenvalue weighted by Gasteiger charge is 2.30. The molecule has 0 amide bonds. The number of fused-ring (bicyclic) bond motifs is 3. The maximum absolute atomic E-state index is 14.1. The summed E-state index contributed by atoms with van der Waals surface area (Å²) in [5.74, 6) is 0.422. The van der Waals surface area contributed by atoms with Gasteiger partial charge in [-0.05, 0) is 54.3 Å². The van der Waals surface area contributed by atoms with Crippen molar-refractivity contribution in [3.05, 3.63) is 89.6 Å². The van der Waals surface area contributed by atoms with Crippen LogP contribution < -0.4 is 14.2 Å². The predicted molar refractivity (Wildman–Crippen MR) is 155 cm³/mol. The number of para-hydroxylation sites is 1. The maximum Gasteiger partial charge on any atom is 0.268 e. The first-order valence-electron chi connectivity index (χ1n) is 13.2. The number of aryl methyl sites for hydroxylation is 1. The largest absolute Gasteiger partial charge is 0.748 e. The zero-order valence-corrected chi connectivity index (χ0v) is 23.6. The van der Waals surface area contributed by atoms with Crippen LogP contribution in [0.1, 0.15) is 31.2 Å². The van der Waals surface area contributed by atoms with E-state index in [4.69, 9.17) is 4.74 Å². The Morgan fingerprint density at radius 1 is 1.07 bits per heavy atom. The lowest BCUT2D eigenvalue weighted by atomic mass is 10.2. The summed E-state index contributed by atoms with van der Waals surface area (Å²) in [5, 5.41) is 2.02. The Morgan fingerprint density at radius 3 is 2.75 bits per heavy atom. The van der Waals surface area contributed by atoms with Gasteiger partial charge >= 0.3 is 0 Å². The molecule has 0 spiro atoms. The number of nitrogens with zero attached hydrogens (tertiary/aromatic N) is 3. The second kappa shape index (κ2) is 10.7. The molecule has 0 N–H and O–H groups in total. The number of hydrogen-bond donors (Lipinski definition) is 0. The summed E-state index contributed by atoms with van der Waals surface area (Å²) < 4.78 is 59.7. The van der Waals surface area contributed by atoms with E-state index in [1.54, 1.807) is 23.5 Å². The Balaban J connectivity index is 1.43. The van der Waals surface area contributed by atoms with Crippen LogP contribution in [0.3, 0.4) is 0 Å². The lowest BCUT2D eigenvalue weighted by Gasteiger charge is -2.19. The summed E-state index contributed by atoms with van der Waals surface area (Å²) in [6, 6.07) is 20.9. The fourth-order valence-corrected chi connectivity index (χ4v) is 6.70. The van der Waals surface area contributed by atoms with Gasteiger partial charge in [-0.2, -0.15) is 4.57 Å². The zero-order valence-electron chi connectivity index (χ0n) is 21.9. The molecule has 3 heterocycles. The molecule has 2 aromatic heterocycles. The summed E-state index contributed by atoms with van der Waals surface area (Å²) in [5.41, 5.74) is 3.61. The van der Waals surface area contributed by atoms with Crippen molar-refractivity contribution in [1.29, 1.82) is 0 Å². The number of ether oxygens (including phenoxy) is 1. The van der Waals surface area contributed by atoms with Gasteiger partial charge < -0.3 is 18.8 Å². The van der Waals surface area contributed by atoms with Gasteiger partial charge in [0.1, 0.15) is 10.5 Å². The van der Waals surface area contributed by atoms with E-state index in [9.17, 15) is 17.4 Å². The number of thiazole rings is 1. The quantitative estimate of drug-likeness (QED) is 0.154. The highest BCUT2D eigenvalue weighted by atomic mass is 32.2. The van der Waals surface area contributed by atoms with Gasteiger partial charge in [-0.15, -0.1) is 0 Å². The average Bonchev–Trinajstić information content (AvgIpc) is 3.60. The van der Waals surface area contributed by atoms with Crippen LogP contribution in [0, 0.1) is 5.82 Å². The van der Waals surface area contributed by atoms with E-state index in [0.717, 1.165) is 56.9 Å². The first-order valence-corrected chi connectivity index (χ1v) is 15.6. The molecule has 0 radical (unpaired) electrons. The Morgan fingerprint density at radius 2 is 1.93 bits per heavy atom. The molecule has 1 aliphatic rings. The SMILES string of the molecule is CCCC[n+]1c(/C=C2\Oc3ccc(-n4ccc5ccccc54)cc3N2CCCS(=O)(=O)[O-])sc2ccc(F)cc21. The molecule has 40 heavy (non-hydrogen) atoms. The average molecular weight is 578 g/mol. The summed E-state index contributed by atoms with van der Waals surface area (Å²) in [6.45, 7) is 3.12. The number of anilines is 1. The highest BCUT2D eigenvalue weighted by molar-refractivity contribution is 7.85. The molecule has 0 atom stereocenters. The smallest absolute Gasteiger partial charge is 0.268 e. The van der Waals surface area contributed by atoms with Crippen LogP contribution in [0.25, 0.3) is 32.9 Å². The third-order valence-corrected chi connectivity index (χ3v) is 8.94. The van der Waals surface area contributed by atoms with E-state index in [1.807, 2.05) is 47.5 Å². The first kappa shape index (κ1) is 26.5. The van der Waals surface area contributed by atoms with Crippen LogP contribution in [0.4, 0.5) is 10.1 Å². The fraction of sp³-hybridized carbons (Fsp3) is 0.233. The van der Waals surface area contributed by atoms with E-state index in [-0.39, 0.29) is 18.8 Å². The van der Waals surface area contributed by atoms with Crippen molar-refractivity contribution in [3.8, 4) is 11.4 Å². The van der Waals surface area contributed by atoms with Crippen molar-refractivity contribution in [2.24, 2.45) is 0 Å². The van der Waals surface area contributed by atoms with Crippen molar-refractivity contribution < 1.29 is 26.7 Å². The van der Waals surface area contributed by atoms with Crippen molar-refractivity contribution in [2.75, 3.05) is 17.2 Å². The zero-order chi connectivity index (χ0) is 27.9. The van der Waals surface area contributed by atoms with Gasteiger partial charge in [0.05, 0.1) is 27.4 Å². The minimum atomic E-state index is -4.35. The second-order valence-corrected chi connectivity index (χ2v) is 12.4. The highest BCUT2D eigenvalue weighted by Crippen LogP contribution is 2.42. The van der Waals surface area contributed by atoms with Gasteiger partial charge in [0.15, 0.2) is 12.3 Å². The van der Waals surface area contributed by atoms with E-state index in [0.29, 0.717) is 11.6 Å². The number of halogens is 1. The number of aromatic nitrogens is 2. The normalized spacial score (nSPS) is 14.4. The van der Waals surface area contributed by atoms with Gasteiger partial charge in [0.2, 0.25) is 11.4 Å². The number of unbranched alkanes of at least 4 members (excludes halogenated alkanes) is 1. The van der Waals surface area contributed by atoms with Crippen molar-refractivity contribution in [1.82, 2.24) is 4.57 Å². The van der Waals surface area contributed by atoms with E-state index >= 15 is 0 Å². The van der Waals surface area contributed by atoms with Crippen molar-refractivity contribution in [2.45, 2.75) is 32.7 Å². The number of benzene rings is 3. The van der Waals surface area contributed by atoms with Crippen molar-refractivity contribution >= 4 is 54.3 Å². The molecule has 7 nitrogen and oxygen atoms in total. The van der Waals surface area contributed by atoms with E-state index in [2.05, 4.69) is 34.3 Å². The van der Waals surface area contributed by atoms with E-state index < -0.39 is 15.9 Å². The van der Waals surface area contributed by atoms with Crippen LogP contribution in [-0.4, -0.2) is 29.8 Å². The summed E-state index contributed by atoms with van der Waals surface area (Å²) in [7, 11) is -4.35. The van der Waals surface area contributed by atoms with Crippen LogP contribution in [-0.2, 0) is 16.7 Å². The van der Waals surface area contributed by atoms with Gasteiger partial charge in [-0.25, -0.2) is 12.8 Å². The van der Waals surface area contributed by atoms with E-state index in [1.165, 1.54) is 6.07 Å². The van der Waals surface area contributed by atoms with Crippen LogP contribution in [0.15, 0.2) is 78.8 Å². The monoisotopic (exact) mass is 577 g/mol. The lowest BCUT2D eigenvalue weighted by molar-refractivity contribution is -0.669. The third-order valence-electron chi connectivity index (χ3n) is 7.04. The van der Waals surface area contributed by atoms with Gasteiger partial charge in [-0.1, -0.05) is 42.9 Å². The maximum atomic E-state index is 14.1. The number of hydrogen-bond acceptors (Lipinski definition) is 6. The summed E-state index contributed by atoms with van der Waals surface area (Å²) in [6.07, 6.45) is 6.01. The molecule has 5 aromatic rings. The third kappa shape index (κ3) is 5.22. The summed E-state index contributed by atoms with van der Waals surface area (Å²) in [4.78, 5) is 1.92. The molecule has 1 aliphatic heterocycles. The molecule has 3 aromatic carbocycles. The Bertz CT molecular complexity index is 1860. The lowest BCUT2D eigenvalue weighted by Crippen LogP contribution is -2.35. The Kier molecular flexibility index (Phi) is 7.07. The molecule has 0 saturated heterocycles. The molecule has 0 unspecified atom stereocenters. The molecule has 0 aliphatic carbocycles. The molecule has 6 rings (SSSR count). The minimum Gasteiger partial charge on any atom is -0.748 e. The summed E-state index contributed by atoms with van der Waals surface area (Å²) >= 11 is 1.54. The van der Waals surface area contributed by atoms with Crippen molar-refractivity contribution in [3.63, 3.8) is 0 Å².